The van der Waals surface area contributed by atoms with E-state index < -0.39 is 5.97 Å². The lowest BCUT2D eigenvalue weighted by molar-refractivity contribution is -0.138. The maximum atomic E-state index is 10.5. The van der Waals surface area contributed by atoms with Gasteiger partial charge in [-0.05, 0) is 32.2 Å². The van der Waals surface area contributed by atoms with E-state index in [2.05, 4.69) is 0 Å². The van der Waals surface area contributed by atoms with Crippen molar-refractivity contribution in [1.82, 2.24) is 4.90 Å². The van der Waals surface area contributed by atoms with Crippen molar-refractivity contribution >= 4 is 5.97 Å². The quantitative estimate of drug-likeness (QED) is 0.715. The highest BCUT2D eigenvalue weighted by Crippen LogP contribution is 2.16. The van der Waals surface area contributed by atoms with E-state index in [4.69, 9.17) is 9.84 Å². The Hall–Kier alpha value is -0.610. The Morgan fingerprint density at radius 2 is 2.43 bits per heavy atom. The second-order valence-electron chi connectivity index (χ2n) is 3.80. The summed E-state index contributed by atoms with van der Waals surface area (Å²) >= 11 is 0. The molecule has 0 bridgehead atoms. The van der Waals surface area contributed by atoms with Gasteiger partial charge in [-0.1, -0.05) is 0 Å². The molecule has 0 spiro atoms. The molecule has 1 unspecified atom stereocenters. The maximum absolute atomic E-state index is 10.5. The zero-order chi connectivity index (χ0) is 10.4. The Kier molecular flexibility index (Phi) is 4.90. The Bertz CT molecular complexity index is 184. The predicted molar refractivity (Wildman–Crippen MR) is 53.3 cm³/mol. The van der Waals surface area contributed by atoms with Crippen molar-refractivity contribution in [3.05, 3.63) is 0 Å². The second-order valence-corrected chi connectivity index (χ2v) is 3.80. The van der Waals surface area contributed by atoms with Crippen LogP contribution in [0.4, 0.5) is 0 Å². The van der Waals surface area contributed by atoms with Crippen molar-refractivity contribution in [1.29, 1.82) is 0 Å². The lowest BCUT2D eigenvalue weighted by atomic mass is 9.99. The van der Waals surface area contributed by atoms with E-state index in [1.807, 2.05) is 11.8 Å². The van der Waals surface area contributed by atoms with Gasteiger partial charge in [0, 0.05) is 13.2 Å². The molecule has 1 saturated heterocycles. The first-order chi connectivity index (χ1) is 6.72. The number of aliphatic carboxylic acids is 1. The van der Waals surface area contributed by atoms with Crippen LogP contribution in [0, 0.1) is 5.92 Å². The summed E-state index contributed by atoms with van der Waals surface area (Å²) in [6.45, 7) is 5.45. The van der Waals surface area contributed by atoms with Crippen molar-refractivity contribution in [2.24, 2.45) is 5.92 Å². The number of piperidine rings is 1. The van der Waals surface area contributed by atoms with Gasteiger partial charge in [-0.2, -0.15) is 0 Å². The van der Waals surface area contributed by atoms with Gasteiger partial charge < -0.3 is 9.84 Å². The van der Waals surface area contributed by atoms with Gasteiger partial charge in [0.15, 0.2) is 0 Å². The fourth-order valence-electron chi connectivity index (χ4n) is 1.91. The minimum atomic E-state index is -0.734. The first kappa shape index (κ1) is 11.5. The van der Waals surface area contributed by atoms with Gasteiger partial charge in [0.05, 0.1) is 13.2 Å². The smallest absolute Gasteiger partial charge is 0.317 e. The number of likely N-dealkylation sites (tertiary alicyclic amines) is 1. The van der Waals surface area contributed by atoms with Gasteiger partial charge in [-0.25, -0.2) is 0 Å². The summed E-state index contributed by atoms with van der Waals surface area (Å²) < 4.78 is 5.35. The Balaban J connectivity index is 2.24. The van der Waals surface area contributed by atoms with Crippen LogP contribution in [0.5, 0.6) is 0 Å². The highest BCUT2D eigenvalue weighted by molar-refractivity contribution is 5.69. The molecule has 0 saturated carbocycles. The highest BCUT2D eigenvalue weighted by Gasteiger charge is 2.21. The van der Waals surface area contributed by atoms with Crippen molar-refractivity contribution in [3.63, 3.8) is 0 Å². The normalized spacial score (nSPS) is 23.6. The lowest BCUT2D eigenvalue weighted by Crippen LogP contribution is -2.40. The van der Waals surface area contributed by atoms with E-state index in [1.165, 1.54) is 0 Å². The number of hydrogen-bond donors (Lipinski definition) is 1. The van der Waals surface area contributed by atoms with Crippen LogP contribution >= 0.6 is 0 Å². The number of rotatable bonds is 5. The Labute approximate surface area is 84.8 Å². The van der Waals surface area contributed by atoms with Gasteiger partial charge in [-0.3, -0.25) is 9.69 Å². The number of nitrogens with zero attached hydrogens (tertiary/aromatic N) is 1. The van der Waals surface area contributed by atoms with Crippen LogP contribution in [-0.4, -0.2) is 48.8 Å². The third kappa shape index (κ3) is 4.07. The van der Waals surface area contributed by atoms with E-state index in [9.17, 15) is 4.79 Å². The van der Waals surface area contributed by atoms with E-state index >= 15 is 0 Å². The van der Waals surface area contributed by atoms with Gasteiger partial charge in [0.2, 0.25) is 0 Å². The van der Waals surface area contributed by atoms with Gasteiger partial charge in [0.1, 0.15) is 0 Å². The number of carboxylic acid groups (broad SMARTS) is 1. The fraction of sp³-hybridized carbons (Fsp3) is 0.900. The van der Waals surface area contributed by atoms with Crippen LogP contribution in [0.25, 0.3) is 0 Å². The molecule has 14 heavy (non-hydrogen) atoms. The molecule has 0 radical (unpaired) electrons. The van der Waals surface area contributed by atoms with Gasteiger partial charge in [0.25, 0.3) is 0 Å². The average molecular weight is 201 g/mol. The topological polar surface area (TPSA) is 49.8 Å². The molecule has 0 amide bonds. The van der Waals surface area contributed by atoms with Gasteiger partial charge >= 0.3 is 5.97 Å². The van der Waals surface area contributed by atoms with Crippen LogP contribution in [0.15, 0.2) is 0 Å². The van der Waals surface area contributed by atoms with E-state index in [-0.39, 0.29) is 6.54 Å². The molecule has 1 heterocycles. The summed E-state index contributed by atoms with van der Waals surface area (Å²) in [6, 6.07) is 0. The van der Waals surface area contributed by atoms with Crippen LogP contribution in [0.2, 0.25) is 0 Å². The summed E-state index contributed by atoms with van der Waals surface area (Å²) in [5, 5.41) is 8.66. The summed E-state index contributed by atoms with van der Waals surface area (Å²) in [5.74, 6) is -0.217. The molecule has 0 aromatic heterocycles. The molecule has 0 aromatic carbocycles. The number of ether oxygens (including phenoxy) is 1. The number of carboxylic acids is 1. The van der Waals surface area contributed by atoms with Crippen LogP contribution in [-0.2, 0) is 9.53 Å². The van der Waals surface area contributed by atoms with Gasteiger partial charge in [-0.15, -0.1) is 0 Å². The van der Waals surface area contributed by atoms with Crippen LogP contribution in [0.3, 0.4) is 0 Å². The largest absolute Gasteiger partial charge is 0.480 e. The molecule has 4 heteroatoms. The monoisotopic (exact) mass is 201 g/mol. The summed E-state index contributed by atoms with van der Waals surface area (Å²) in [6.07, 6.45) is 2.25. The van der Waals surface area contributed by atoms with E-state index in [0.29, 0.717) is 5.92 Å². The molecular formula is C10H19NO3. The molecule has 0 aromatic rings. The molecular weight excluding hydrogens is 182 g/mol. The summed E-state index contributed by atoms with van der Waals surface area (Å²) in [5.41, 5.74) is 0. The second kappa shape index (κ2) is 5.98. The minimum absolute atomic E-state index is 0.169. The maximum Gasteiger partial charge on any atom is 0.317 e. The molecule has 0 aliphatic carbocycles. The third-order valence-electron chi connectivity index (χ3n) is 2.52. The SMILES string of the molecule is CCOCC1CCCN(CC(=O)O)C1. The molecule has 1 N–H and O–H groups in total. The van der Waals surface area contributed by atoms with Crippen molar-refractivity contribution in [2.75, 3.05) is 32.8 Å². The first-order valence-electron chi connectivity index (χ1n) is 5.24. The zero-order valence-corrected chi connectivity index (χ0v) is 8.74. The Morgan fingerprint density at radius 1 is 1.64 bits per heavy atom. The van der Waals surface area contributed by atoms with Crippen molar-refractivity contribution in [2.45, 2.75) is 19.8 Å². The molecule has 1 aliphatic rings. The van der Waals surface area contributed by atoms with Crippen LogP contribution < -0.4 is 0 Å². The number of hydrogen-bond acceptors (Lipinski definition) is 3. The first-order valence-corrected chi connectivity index (χ1v) is 5.24. The van der Waals surface area contributed by atoms with Crippen molar-refractivity contribution < 1.29 is 14.6 Å². The molecule has 4 nitrogen and oxygen atoms in total. The van der Waals surface area contributed by atoms with Crippen LogP contribution in [0.1, 0.15) is 19.8 Å². The minimum Gasteiger partial charge on any atom is -0.480 e. The lowest BCUT2D eigenvalue weighted by Gasteiger charge is -2.31. The third-order valence-corrected chi connectivity index (χ3v) is 2.52. The standard InChI is InChI=1S/C10H19NO3/c1-2-14-8-9-4-3-5-11(6-9)7-10(12)13/h9H,2-8H2,1H3,(H,12,13). The molecule has 1 fully saturated rings. The summed E-state index contributed by atoms with van der Waals surface area (Å²) in [4.78, 5) is 12.5. The molecule has 1 rings (SSSR count). The molecule has 1 aliphatic heterocycles. The van der Waals surface area contributed by atoms with E-state index in [0.717, 1.165) is 39.1 Å². The Morgan fingerprint density at radius 3 is 3.07 bits per heavy atom. The number of carbonyl (C=O) groups is 1. The molecule has 82 valence electrons. The van der Waals surface area contributed by atoms with E-state index in [1.54, 1.807) is 0 Å². The highest BCUT2D eigenvalue weighted by atomic mass is 16.5. The van der Waals surface area contributed by atoms with Crippen molar-refractivity contribution in [3.8, 4) is 0 Å². The zero-order valence-electron chi connectivity index (χ0n) is 8.74. The summed E-state index contributed by atoms with van der Waals surface area (Å²) in [7, 11) is 0. The fourth-order valence-corrected chi connectivity index (χ4v) is 1.91. The molecule has 1 atom stereocenters. The average Bonchev–Trinajstić information content (AvgIpc) is 2.14. The predicted octanol–water partition coefficient (Wildman–Crippen LogP) is 0.820.